The number of thioether (sulfide) groups is 1. The van der Waals surface area contributed by atoms with Gasteiger partial charge in [0.15, 0.2) is 11.5 Å². The molecular formula is C23H17NO4S2. The first-order valence-electron chi connectivity index (χ1n) is 9.27. The first kappa shape index (κ1) is 20.1. The van der Waals surface area contributed by atoms with Gasteiger partial charge in [0.05, 0.1) is 17.1 Å². The summed E-state index contributed by atoms with van der Waals surface area (Å²) in [4.78, 5) is 25.3. The number of amides is 1. The molecular weight excluding hydrogens is 418 g/mol. The lowest BCUT2D eigenvalue weighted by Gasteiger charge is -2.12. The lowest BCUT2D eigenvalue weighted by atomic mass is 10.0. The van der Waals surface area contributed by atoms with Gasteiger partial charge < -0.3 is 14.8 Å². The Morgan fingerprint density at radius 2 is 1.90 bits per heavy atom. The molecule has 0 bridgehead atoms. The Hall–Kier alpha value is -3.16. The van der Waals surface area contributed by atoms with E-state index in [9.17, 15) is 9.59 Å². The van der Waals surface area contributed by atoms with Gasteiger partial charge in [-0.1, -0.05) is 66.4 Å². The van der Waals surface area contributed by atoms with Crippen molar-refractivity contribution in [1.29, 1.82) is 0 Å². The molecule has 0 spiro atoms. The first-order valence-corrected chi connectivity index (χ1v) is 10.5. The minimum atomic E-state index is -0.463. The van der Waals surface area contributed by atoms with Crippen LogP contribution in [0.4, 0.5) is 0 Å². The number of thiocarbonyl (C=S) groups is 1. The van der Waals surface area contributed by atoms with Crippen LogP contribution in [0.15, 0.2) is 65.6 Å². The number of hydrogen-bond acceptors (Lipinski definition) is 6. The fraction of sp³-hybridized carbons (Fsp3) is 0.0870. The Bertz CT molecular complexity index is 1200. The molecule has 3 aromatic rings. The van der Waals surface area contributed by atoms with Crippen LogP contribution in [0.1, 0.15) is 22.8 Å². The zero-order valence-electron chi connectivity index (χ0n) is 16.0. The van der Waals surface area contributed by atoms with E-state index in [1.807, 2.05) is 43.3 Å². The standard InChI is InChI=1S/C23H17NO4S2/c1-2-27-19-12-14(13-20-21(25)24-23(29)30-20)10-11-18(19)28-22(26)17-9-5-7-15-6-3-4-8-16(15)17/h3-13H,2H2,1H3,(H,24,25,29). The third kappa shape index (κ3) is 4.22. The molecule has 1 aliphatic heterocycles. The van der Waals surface area contributed by atoms with Crippen molar-refractivity contribution in [3.63, 3.8) is 0 Å². The van der Waals surface area contributed by atoms with Gasteiger partial charge in [0.1, 0.15) is 4.32 Å². The molecule has 1 aliphatic rings. The zero-order chi connectivity index (χ0) is 21.1. The van der Waals surface area contributed by atoms with Crippen molar-refractivity contribution in [3.05, 3.63) is 76.7 Å². The maximum Gasteiger partial charge on any atom is 0.344 e. The van der Waals surface area contributed by atoms with Gasteiger partial charge in [0, 0.05) is 0 Å². The van der Waals surface area contributed by atoms with E-state index in [1.54, 1.807) is 30.3 Å². The number of fused-ring (bicyclic) bond motifs is 1. The monoisotopic (exact) mass is 435 g/mol. The second kappa shape index (κ2) is 8.69. The van der Waals surface area contributed by atoms with Crippen LogP contribution in [-0.2, 0) is 4.79 Å². The molecule has 0 radical (unpaired) electrons. The molecule has 3 aromatic carbocycles. The van der Waals surface area contributed by atoms with E-state index in [0.29, 0.717) is 32.9 Å². The molecule has 5 nitrogen and oxygen atoms in total. The van der Waals surface area contributed by atoms with Gasteiger partial charge in [-0.3, -0.25) is 4.79 Å². The Morgan fingerprint density at radius 1 is 1.10 bits per heavy atom. The molecule has 1 amide bonds. The van der Waals surface area contributed by atoms with Crippen molar-refractivity contribution >= 4 is 57.0 Å². The molecule has 30 heavy (non-hydrogen) atoms. The van der Waals surface area contributed by atoms with Gasteiger partial charge in [-0.2, -0.15) is 0 Å². The van der Waals surface area contributed by atoms with Gasteiger partial charge in [0.2, 0.25) is 0 Å². The summed E-state index contributed by atoms with van der Waals surface area (Å²) in [5, 5.41) is 4.37. The summed E-state index contributed by atoms with van der Waals surface area (Å²) in [7, 11) is 0. The normalized spacial score (nSPS) is 14.8. The highest BCUT2D eigenvalue weighted by atomic mass is 32.2. The molecule has 0 aromatic heterocycles. The fourth-order valence-corrected chi connectivity index (χ4v) is 4.14. The fourth-order valence-electron chi connectivity index (χ4n) is 3.10. The maximum absolute atomic E-state index is 12.9. The summed E-state index contributed by atoms with van der Waals surface area (Å²) in [5.74, 6) is 0.0479. The molecule has 4 rings (SSSR count). The molecule has 1 fully saturated rings. The van der Waals surface area contributed by atoms with Crippen molar-refractivity contribution in [2.45, 2.75) is 6.92 Å². The number of carbonyl (C=O) groups excluding carboxylic acids is 2. The predicted octanol–water partition coefficient (Wildman–Crippen LogP) is 4.95. The van der Waals surface area contributed by atoms with Crippen LogP contribution in [0.2, 0.25) is 0 Å². The van der Waals surface area contributed by atoms with Crippen LogP contribution in [-0.4, -0.2) is 22.8 Å². The van der Waals surface area contributed by atoms with E-state index in [1.165, 1.54) is 11.8 Å². The van der Waals surface area contributed by atoms with Crippen molar-refractivity contribution in [2.24, 2.45) is 0 Å². The van der Waals surface area contributed by atoms with Gasteiger partial charge in [-0.15, -0.1) is 0 Å². The lowest BCUT2D eigenvalue weighted by Crippen LogP contribution is -2.17. The highest BCUT2D eigenvalue weighted by Crippen LogP contribution is 2.33. The molecule has 1 saturated heterocycles. The number of ether oxygens (including phenoxy) is 2. The number of nitrogens with one attached hydrogen (secondary N) is 1. The van der Waals surface area contributed by atoms with Crippen LogP contribution in [0.3, 0.4) is 0 Å². The van der Waals surface area contributed by atoms with E-state index in [2.05, 4.69) is 5.32 Å². The average molecular weight is 436 g/mol. The van der Waals surface area contributed by atoms with Crippen molar-refractivity contribution < 1.29 is 19.1 Å². The van der Waals surface area contributed by atoms with Crippen molar-refractivity contribution in [3.8, 4) is 11.5 Å². The Morgan fingerprint density at radius 3 is 2.67 bits per heavy atom. The lowest BCUT2D eigenvalue weighted by molar-refractivity contribution is -0.115. The molecule has 0 saturated carbocycles. The van der Waals surface area contributed by atoms with Crippen LogP contribution < -0.4 is 14.8 Å². The Kier molecular flexibility index (Phi) is 5.83. The molecule has 7 heteroatoms. The predicted molar refractivity (Wildman–Crippen MR) is 123 cm³/mol. The minimum Gasteiger partial charge on any atom is -0.490 e. The van der Waals surface area contributed by atoms with Crippen LogP contribution >= 0.6 is 24.0 Å². The number of carbonyl (C=O) groups is 2. The summed E-state index contributed by atoms with van der Waals surface area (Å²) in [5.41, 5.74) is 1.22. The molecule has 0 aliphatic carbocycles. The van der Waals surface area contributed by atoms with Crippen molar-refractivity contribution in [1.82, 2.24) is 5.32 Å². The van der Waals surface area contributed by atoms with Crippen LogP contribution in [0, 0.1) is 0 Å². The van der Waals surface area contributed by atoms with Crippen molar-refractivity contribution in [2.75, 3.05) is 6.61 Å². The summed E-state index contributed by atoms with van der Waals surface area (Å²) in [6.45, 7) is 2.25. The minimum absolute atomic E-state index is 0.227. The van der Waals surface area contributed by atoms with Crippen LogP contribution in [0.25, 0.3) is 16.8 Å². The second-order valence-electron chi connectivity index (χ2n) is 6.41. The first-order chi connectivity index (χ1) is 14.5. The highest BCUT2D eigenvalue weighted by molar-refractivity contribution is 8.26. The topological polar surface area (TPSA) is 64.6 Å². The Labute approximate surface area is 183 Å². The third-order valence-electron chi connectivity index (χ3n) is 4.42. The quantitative estimate of drug-likeness (QED) is 0.265. The molecule has 150 valence electrons. The largest absolute Gasteiger partial charge is 0.490 e. The van der Waals surface area contributed by atoms with E-state index >= 15 is 0 Å². The molecule has 1 heterocycles. The number of benzene rings is 3. The maximum atomic E-state index is 12.9. The summed E-state index contributed by atoms with van der Waals surface area (Å²) in [6, 6.07) is 18.3. The van der Waals surface area contributed by atoms with Gasteiger partial charge in [0.25, 0.3) is 5.91 Å². The Balaban J connectivity index is 1.63. The van der Waals surface area contributed by atoms with Gasteiger partial charge in [-0.05, 0) is 47.5 Å². The molecule has 0 atom stereocenters. The number of rotatable bonds is 5. The second-order valence-corrected chi connectivity index (χ2v) is 8.13. The molecule has 1 N–H and O–H groups in total. The van der Waals surface area contributed by atoms with E-state index < -0.39 is 5.97 Å². The number of esters is 1. The van der Waals surface area contributed by atoms with E-state index in [0.717, 1.165) is 16.3 Å². The summed E-state index contributed by atoms with van der Waals surface area (Å²) < 4.78 is 11.8. The summed E-state index contributed by atoms with van der Waals surface area (Å²) in [6.07, 6.45) is 1.72. The zero-order valence-corrected chi connectivity index (χ0v) is 17.6. The average Bonchev–Trinajstić information content (AvgIpc) is 3.06. The smallest absolute Gasteiger partial charge is 0.344 e. The third-order valence-corrected chi connectivity index (χ3v) is 5.58. The van der Waals surface area contributed by atoms with E-state index in [-0.39, 0.29) is 5.91 Å². The SMILES string of the molecule is CCOc1cc(C=C2SC(=S)NC2=O)ccc1OC(=O)c1cccc2ccccc12. The number of hydrogen-bond donors (Lipinski definition) is 1. The van der Waals surface area contributed by atoms with Crippen LogP contribution in [0.5, 0.6) is 11.5 Å². The van der Waals surface area contributed by atoms with Gasteiger partial charge >= 0.3 is 5.97 Å². The van der Waals surface area contributed by atoms with E-state index in [4.69, 9.17) is 21.7 Å². The van der Waals surface area contributed by atoms with Gasteiger partial charge in [-0.25, -0.2) is 4.79 Å². The summed E-state index contributed by atoms with van der Waals surface area (Å²) >= 11 is 6.22. The molecule has 0 unspecified atom stereocenters. The highest BCUT2D eigenvalue weighted by Gasteiger charge is 2.22.